The van der Waals surface area contributed by atoms with Gasteiger partial charge in [-0.15, -0.1) is 0 Å². The van der Waals surface area contributed by atoms with E-state index >= 15 is 0 Å². The fourth-order valence-corrected chi connectivity index (χ4v) is 4.28. The summed E-state index contributed by atoms with van der Waals surface area (Å²) < 4.78 is 7.50. The second-order valence-electron chi connectivity index (χ2n) is 9.34. The molecule has 0 radical (unpaired) electrons. The molecule has 0 amide bonds. The molecule has 4 nitrogen and oxygen atoms in total. The van der Waals surface area contributed by atoms with Crippen molar-refractivity contribution in [2.24, 2.45) is 12.8 Å². The zero-order chi connectivity index (χ0) is 24.4. The van der Waals surface area contributed by atoms with E-state index in [1.54, 1.807) is 0 Å². The van der Waals surface area contributed by atoms with E-state index in [0.717, 1.165) is 35.7 Å². The number of unbranched alkanes of at least 4 members (excludes halogenated alkanes) is 9. The Labute approximate surface area is 207 Å². The van der Waals surface area contributed by atoms with E-state index in [1.807, 2.05) is 19.2 Å². The van der Waals surface area contributed by atoms with Crippen LogP contribution in [0.4, 0.5) is 0 Å². The highest BCUT2D eigenvalue weighted by atomic mass is 16.5. The van der Waals surface area contributed by atoms with Gasteiger partial charge in [-0.25, -0.2) is 0 Å². The summed E-state index contributed by atoms with van der Waals surface area (Å²) in [6.45, 7) is 2.71. The van der Waals surface area contributed by atoms with Crippen molar-refractivity contribution in [1.82, 2.24) is 4.57 Å². The molecular formula is C30H46N2O2. The maximum absolute atomic E-state index is 12.3. The zero-order valence-corrected chi connectivity index (χ0v) is 21.5. The lowest BCUT2D eigenvalue weighted by Gasteiger charge is -2.11. The van der Waals surface area contributed by atoms with Gasteiger partial charge in [-0.1, -0.05) is 88.0 Å². The molecule has 1 aromatic carbocycles. The van der Waals surface area contributed by atoms with Gasteiger partial charge in [-0.2, -0.15) is 0 Å². The standard InChI is InChI=1S/C30H46N2O2/c1-3-4-5-6-7-8-9-10-11-12-13-14-15-16-17-20-23-34-30(33)28(31)24-26-25-32(2)29-22-19-18-21-27(26)29/h7-8,10-11,18-19,21-22,25,28H,3-6,9,12-17,20,23-24,31H2,1-2H3/b8-7-,11-10-. The van der Waals surface area contributed by atoms with E-state index in [1.165, 1.54) is 57.8 Å². The van der Waals surface area contributed by atoms with E-state index in [2.05, 4.69) is 54.1 Å². The molecule has 188 valence electrons. The Morgan fingerprint density at radius 3 is 2.32 bits per heavy atom. The number of fused-ring (bicyclic) bond motifs is 1. The van der Waals surface area contributed by atoms with Gasteiger partial charge in [0.2, 0.25) is 0 Å². The van der Waals surface area contributed by atoms with Gasteiger partial charge < -0.3 is 15.0 Å². The lowest BCUT2D eigenvalue weighted by Crippen LogP contribution is -2.34. The number of aromatic nitrogens is 1. The van der Waals surface area contributed by atoms with Gasteiger partial charge in [0.25, 0.3) is 0 Å². The number of carbonyl (C=O) groups excluding carboxylic acids is 1. The number of carbonyl (C=O) groups is 1. The van der Waals surface area contributed by atoms with Crippen molar-refractivity contribution < 1.29 is 9.53 Å². The lowest BCUT2D eigenvalue weighted by molar-refractivity contribution is -0.145. The first-order valence-electron chi connectivity index (χ1n) is 13.4. The number of nitrogens with zero attached hydrogens (tertiary/aromatic N) is 1. The van der Waals surface area contributed by atoms with Gasteiger partial charge in [0, 0.05) is 30.6 Å². The van der Waals surface area contributed by atoms with Gasteiger partial charge in [0.05, 0.1) is 6.61 Å². The summed E-state index contributed by atoms with van der Waals surface area (Å²) in [5.41, 5.74) is 8.37. The highest BCUT2D eigenvalue weighted by molar-refractivity contribution is 5.85. The predicted molar refractivity (Wildman–Crippen MR) is 145 cm³/mol. The van der Waals surface area contributed by atoms with Gasteiger partial charge in [0.15, 0.2) is 0 Å². The minimum Gasteiger partial charge on any atom is -0.465 e. The first-order valence-corrected chi connectivity index (χ1v) is 13.4. The Morgan fingerprint density at radius 1 is 0.941 bits per heavy atom. The minimum atomic E-state index is -0.615. The second kappa shape index (κ2) is 17.2. The molecule has 0 aliphatic carbocycles. The summed E-state index contributed by atoms with van der Waals surface area (Å²) in [6, 6.07) is 7.57. The third-order valence-electron chi connectivity index (χ3n) is 6.31. The molecule has 0 aliphatic rings. The highest BCUT2D eigenvalue weighted by Crippen LogP contribution is 2.21. The van der Waals surface area contributed by atoms with Crippen LogP contribution in [0.2, 0.25) is 0 Å². The molecule has 34 heavy (non-hydrogen) atoms. The summed E-state index contributed by atoms with van der Waals surface area (Å²) in [5.74, 6) is -0.296. The quantitative estimate of drug-likeness (QED) is 0.141. The molecule has 0 aliphatic heterocycles. The fourth-order valence-electron chi connectivity index (χ4n) is 4.28. The molecule has 4 heteroatoms. The van der Waals surface area contributed by atoms with Crippen LogP contribution in [0.25, 0.3) is 10.9 Å². The number of allylic oxidation sites excluding steroid dienone is 4. The molecule has 0 saturated carbocycles. The zero-order valence-electron chi connectivity index (χ0n) is 21.5. The topological polar surface area (TPSA) is 57.2 Å². The number of hydrogen-bond donors (Lipinski definition) is 1. The van der Waals surface area contributed by atoms with Gasteiger partial charge in [-0.3, -0.25) is 4.79 Å². The van der Waals surface area contributed by atoms with Gasteiger partial charge >= 0.3 is 5.97 Å². The van der Waals surface area contributed by atoms with Gasteiger partial charge in [0.1, 0.15) is 6.04 Å². The molecule has 1 atom stereocenters. The Balaban J connectivity index is 1.45. The molecule has 2 N–H and O–H groups in total. The molecule has 0 bridgehead atoms. The number of esters is 1. The lowest BCUT2D eigenvalue weighted by atomic mass is 10.1. The first-order chi connectivity index (χ1) is 16.6. The molecule has 2 rings (SSSR count). The molecule has 1 aromatic heterocycles. The summed E-state index contributed by atoms with van der Waals surface area (Å²) >= 11 is 0. The number of aryl methyl sites for hydroxylation is 1. The maximum Gasteiger partial charge on any atom is 0.323 e. The molecule has 0 fully saturated rings. The molecule has 1 unspecified atom stereocenters. The fraction of sp³-hybridized carbons (Fsp3) is 0.567. The molecule has 0 saturated heterocycles. The van der Waals surface area contributed by atoms with Crippen molar-refractivity contribution in [1.29, 1.82) is 0 Å². The maximum atomic E-state index is 12.3. The number of para-hydroxylation sites is 1. The van der Waals surface area contributed by atoms with E-state index in [4.69, 9.17) is 10.5 Å². The van der Waals surface area contributed by atoms with Crippen molar-refractivity contribution in [3.05, 3.63) is 60.3 Å². The Morgan fingerprint density at radius 2 is 1.59 bits per heavy atom. The van der Waals surface area contributed by atoms with E-state index in [9.17, 15) is 4.79 Å². The van der Waals surface area contributed by atoms with Crippen LogP contribution in [0, 0.1) is 0 Å². The average Bonchev–Trinajstić information content (AvgIpc) is 3.16. The van der Waals surface area contributed by atoms with Crippen molar-refractivity contribution in [3.8, 4) is 0 Å². The molecule has 2 aromatic rings. The van der Waals surface area contributed by atoms with Gasteiger partial charge in [-0.05, 0) is 50.2 Å². The smallest absolute Gasteiger partial charge is 0.323 e. The van der Waals surface area contributed by atoms with Crippen LogP contribution >= 0.6 is 0 Å². The van der Waals surface area contributed by atoms with Crippen molar-refractivity contribution in [2.45, 2.75) is 96.4 Å². The van der Waals surface area contributed by atoms with Crippen LogP contribution in [-0.4, -0.2) is 23.2 Å². The number of benzene rings is 1. The number of rotatable bonds is 18. The predicted octanol–water partition coefficient (Wildman–Crippen LogP) is 7.40. The van der Waals surface area contributed by atoms with Crippen LogP contribution in [0.1, 0.15) is 89.5 Å². The van der Waals surface area contributed by atoms with Crippen LogP contribution in [0.5, 0.6) is 0 Å². The van der Waals surface area contributed by atoms with Crippen LogP contribution in [0.3, 0.4) is 0 Å². The van der Waals surface area contributed by atoms with Crippen molar-refractivity contribution in [2.75, 3.05) is 6.61 Å². The average molecular weight is 467 g/mol. The van der Waals surface area contributed by atoms with Crippen molar-refractivity contribution in [3.63, 3.8) is 0 Å². The number of hydrogen-bond acceptors (Lipinski definition) is 3. The van der Waals surface area contributed by atoms with E-state index in [0.29, 0.717) is 13.0 Å². The molecule has 1 heterocycles. The molecular weight excluding hydrogens is 420 g/mol. The number of ether oxygens (including phenoxy) is 1. The van der Waals surface area contributed by atoms with E-state index < -0.39 is 6.04 Å². The summed E-state index contributed by atoms with van der Waals surface area (Å²) in [7, 11) is 2.02. The Bertz CT molecular complexity index is 881. The largest absolute Gasteiger partial charge is 0.465 e. The number of nitrogens with two attached hydrogens (primary N) is 1. The molecule has 0 spiro atoms. The van der Waals surface area contributed by atoms with E-state index in [-0.39, 0.29) is 5.97 Å². The second-order valence-corrected chi connectivity index (χ2v) is 9.34. The first kappa shape index (κ1) is 27.9. The van der Waals surface area contributed by atoms with Crippen molar-refractivity contribution >= 4 is 16.9 Å². The van der Waals surface area contributed by atoms with Crippen LogP contribution < -0.4 is 5.73 Å². The Hall–Kier alpha value is -2.33. The summed E-state index contributed by atoms with van der Waals surface area (Å²) in [6.07, 6.45) is 26.2. The van der Waals surface area contributed by atoms with Crippen LogP contribution in [-0.2, 0) is 23.0 Å². The summed E-state index contributed by atoms with van der Waals surface area (Å²) in [5, 5.41) is 1.15. The summed E-state index contributed by atoms with van der Waals surface area (Å²) in [4.78, 5) is 12.3. The third-order valence-corrected chi connectivity index (χ3v) is 6.31. The highest BCUT2D eigenvalue weighted by Gasteiger charge is 2.18. The van der Waals surface area contributed by atoms with Crippen LogP contribution in [0.15, 0.2) is 54.8 Å². The normalized spacial score (nSPS) is 12.8. The minimum absolute atomic E-state index is 0.296. The Kier molecular flexibility index (Phi) is 14.1. The SMILES string of the molecule is CCCCC/C=C\C/C=C\CCCCCCCCOC(=O)C(N)Cc1cn(C)c2ccccc12. The monoisotopic (exact) mass is 466 g/mol. The third kappa shape index (κ3) is 10.7.